The van der Waals surface area contributed by atoms with Gasteiger partial charge in [-0.25, -0.2) is 9.97 Å². The highest BCUT2D eigenvalue weighted by atomic mass is 79.9. The number of methoxy groups -OCH3 is 1. The van der Waals surface area contributed by atoms with Crippen molar-refractivity contribution in [2.75, 3.05) is 32.2 Å². The third-order valence-corrected chi connectivity index (χ3v) is 2.44. The van der Waals surface area contributed by atoms with Gasteiger partial charge in [0.05, 0.1) is 16.5 Å². The molecule has 0 aliphatic heterocycles. The van der Waals surface area contributed by atoms with Gasteiger partial charge in [0.1, 0.15) is 0 Å². The Hall–Kier alpha value is -0.390. The monoisotopic (exact) mass is 293 g/mol. The van der Waals surface area contributed by atoms with E-state index in [4.69, 9.17) is 16.3 Å². The first-order valence-electron chi connectivity index (χ1n) is 4.45. The first-order valence-corrected chi connectivity index (χ1v) is 5.68. The Kier molecular flexibility index (Phi) is 5.28. The molecule has 1 atom stereocenters. The van der Waals surface area contributed by atoms with Gasteiger partial charge in [-0.1, -0.05) is 0 Å². The summed E-state index contributed by atoms with van der Waals surface area (Å²) in [6.45, 7) is 1.17. The first kappa shape index (κ1) is 12.7. The van der Waals surface area contributed by atoms with E-state index in [0.29, 0.717) is 19.1 Å². The van der Waals surface area contributed by atoms with Crippen LogP contribution in [0.25, 0.3) is 0 Å². The van der Waals surface area contributed by atoms with Crippen LogP contribution in [0, 0.1) is 0 Å². The molecule has 1 rings (SSSR count). The van der Waals surface area contributed by atoms with Crippen molar-refractivity contribution >= 4 is 33.5 Å². The van der Waals surface area contributed by atoms with Crippen LogP contribution in [0.15, 0.2) is 16.9 Å². The van der Waals surface area contributed by atoms with Crippen molar-refractivity contribution in [3.05, 3.63) is 16.9 Å². The standard InChI is InChI=1S/C9H13BrClN3O/c1-14(5-8(11)6-15-2)9-12-3-7(10)4-13-9/h3-4,8H,5-6H2,1-2H3. The highest BCUT2D eigenvalue weighted by Gasteiger charge is 2.10. The molecule has 1 aromatic rings. The molecule has 6 heteroatoms. The summed E-state index contributed by atoms with van der Waals surface area (Å²) in [7, 11) is 3.53. The Morgan fingerprint density at radius 1 is 1.53 bits per heavy atom. The molecule has 0 amide bonds. The molecule has 0 aromatic carbocycles. The van der Waals surface area contributed by atoms with Gasteiger partial charge in [0, 0.05) is 33.1 Å². The number of ether oxygens (including phenoxy) is 1. The van der Waals surface area contributed by atoms with E-state index in [2.05, 4.69) is 25.9 Å². The minimum absolute atomic E-state index is 0.0627. The van der Waals surface area contributed by atoms with Crippen LogP contribution in [0.2, 0.25) is 0 Å². The number of anilines is 1. The molecule has 1 unspecified atom stereocenters. The Balaban J connectivity index is 2.53. The predicted octanol–water partition coefficient (Wildman–Crippen LogP) is 1.93. The third kappa shape index (κ3) is 4.32. The van der Waals surface area contributed by atoms with Gasteiger partial charge >= 0.3 is 0 Å². The lowest BCUT2D eigenvalue weighted by molar-refractivity contribution is 0.199. The van der Waals surface area contributed by atoms with Crippen molar-refractivity contribution < 1.29 is 4.74 Å². The minimum Gasteiger partial charge on any atom is -0.383 e. The molecule has 1 aromatic heterocycles. The van der Waals surface area contributed by atoms with Crippen molar-refractivity contribution in [3.63, 3.8) is 0 Å². The van der Waals surface area contributed by atoms with E-state index >= 15 is 0 Å². The molecule has 1 heterocycles. The second-order valence-electron chi connectivity index (χ2n) is 3.13. The summed E-state index contributed by atoms with van der Waals surface area (Å²) < 4.78 is 5.81. The second-order valence-corrected chi connectivity index (χ2v) is 4.67. The summed E-state index contributed by atoms with van der Waals surface area (Å²) in [5.74, 6) is 0.653. The number of hydrogen-bond acceptors (Lipinski definition) is 4. The molecule has 0 radical (unpaired) electrons. The normalized spacial score (nSPS) is 12.5. The lowest BCUT2D eigenvalue weighted by atomic mass is 10.4. The molecule has 0 saturated heterocycles. The van der Waals surface area contributed by atoms with E-state index in [1.807, 2.05) is 11.9 Å². The Morgan fingerprint density at radius 2 is 2.13 bits per heavy atom. The van der Waals surface area contributed by atoms with Crippen molar-refractivity contribution in [1.82, 2.24) is 9.97 Å². The number of alkyl halides is 1. The van der Waals surface area contributed by atoms with Crippen molar-refractivity contribution in [1.29, 1.82) is 0 Å². The lowest BCUT2D eigenvalue weighted by Gasteiger charge is -2.19. The summed E-state index contributed by atoms with van der Waals surface area (Å²) in [6, 6.07) is 0. The lowest BCUT2D eigenvalue weighted by Crippen LogP contribution is -2.29. The predicted molar refractivity (Wildman–Crippen MR) is 64.5 cm³/mol. The molecule has 0 saturated carbocycles. The zero-order valence-corrected chi connectivity index (χ0v) is 11.0. The number of rotatable bonds is 5. The summed E-state index contributed by atoms with van der Waals surface area (Å²) in [5, 5.41) is -0.0627. The number of halogens is 2. The smallest absolute Gasteiger partial charge is 0.225 e. The maximum atomic E-state index is 6.03. The fourth-order valence-corrected chi connectivity index (χ4v) is 1.65. The average molecular weight is 295 g/mol. The zero-order chi connectivity index (χ0) is 11.3. The molecule has 84 valence electrons. The quantitative estimate of drug-likeness (QED) is 0.778. The van der Waals surface area contributed by atoms with Crippen molar-refractivity contribution in [2.24, 2.45) is 0 Å². The molecule has 0 aliphatic rings. The maximum Gasteiger partial charge on any atom is 0.225 e. The molecule has 0 aliphatic carbocycles. The molecular formula is C9H13BrClN3O. The number of hydrogen-bond donors (Lipinski definition) is 0. The van der Waals surface area contributed by atoms with Crippen molar-refractivity contribution in [3.8, 4) is 0 Å². The highest BCUT2D eigenvalue weighted by Crippen LogP contribution is 2.11. The Bertz CT molecular complexity index is 296. The Labute approximate surface area is 103 Å². The molecule has 4 nitrogen and oxygen atoms in total. The third-order valence-electron chi connectivity index (χ3n) is 1.77. The van der Waals surface area contributed by atoms with E-state index in [9.17, 15) is 0 Å². The van der Waals surface area contributed by atoms with Gasteiger partial charge in [0.15, 0.2) is 0 Å². The van der Waals surface area contributed by atoms with Crippen molar-refractivity contribution in [2.45, 2.75) is 5.38 Å². The summed E-state index contributed by atoms with van der Waals surface area (Å²) in [4.78, 5) is 10.2. The molecule has 0 spiro atoms. The molecule has 0 fully saturated rings. The highest BCUT2D eigenvalue weighted by molar-refractivity contribution is 9.10. The van der Waals surface area contributed by atoms with Gasteiger partial charge in [0.2, 0.25) is 5.95 Å². The minimum atomic E-state index is -0.0627. The first-order chi connectivity index (χ1) is 7.13. The topological polar surface area (TPSA) is 38.2 Å². The van der Waals surface area contributed by atoms with Crippen LogP contribution in [0.1, 0.15) is 0 Å². The van der Waals surface area contributed by atoms with Gasteiger partial charge < -0.3 is 9.64 Å². The summed E-state index contributed by atoms with van der Waals surface area (Å²) in [5.41, 5.74) is 0. The van der Waals surface area contributed by atoms with Gasteiger partial charge in [0.25, 0.3) is 0 Å². The van der Waals surface area contributed by atoms with Crippen LogP contribution >= 0.6 is 27.5 Å². The SMILES string of the molecule is COCC(Cl)CN(C)c1ncc(Br)cn1. The van der Waals surface area contributed by atoms with Gasteiger partial charge in [-0.15, -0.1) is 11.6 Å². The fraction of sp³-hybridized carbons (Fsp3) is 0.556. The summed E-state index contributed by atoms with van der Waals surface area (Å²) in [6.07, 6.45) is 3.41. The van der Waals surface area contributed by atoms with Crippen LogP contribution in [-0.4, -0.2) is 42.7 Å². The number of nitrogens with zero attached hydrogens (tertiary/aromatic N) is 3. The van der Waals surface area contributed by atoms with Gasteiger partial charge in [-0.3, -0.25) is 0 Å². The Morgan fingerprint density at radius 3 is 2.67 bits per heavy atom. The summed E-state index contributed by atoms with van der Waals surface area (Å²) >= 11 is 9.31. The van der Waals surface area contributed by atoms with E-state index < -0.39 is 0 Å². The molecular weight excluding hydrogens is 281 g/mol. The van der Waals surface area contributed by atoms with Gasteiger partial charge in [-0.2, -0.15) is 0 Å². The fourth-order valence-electron chi connectivity index (χ4n) is 1.11. The molecule has 15 heavy (non-hydrogen) atoms. The van der Waals surface area contributed by atoms with E-state index in [1.165, 1.54) is 0 Å². The maximum absolute atomic E-state index is 6.03. The van der Waals surface area contributed by atoms with E-state index in [0.717, 1.165) is 4.47 Å². The van der Waals surface area contributed by atoms with Crippen LogP contribution < -0.4 is 4.90 Å². The van der Waals surface area contributed by atoms with E-state index in [1.54, 1.807) is 19.5 Å². The van der Waals surface area contributed by atoms with Crippen LogP contribution in [-0.2, 0) is 4.74 Å². The van der Waals surface area contributed by atoms with E-state index in [-0.39, 0.29) is 5.38 Å². The van der Waals surface area contributed by atoms with Gasteiger partial charge in [-0.05, 0) is 15.9 Å². The molecule has 0 N–H and O–H groups in total. The van der Waals surface area contributed by atoms with Crippen LogP contribution in [0.5, 0.6) is 0 Å². The molecule has 0 bridgehead atoms. The zero-order valence-electron chi connectivity index (χ0n) is 8.65. The van der Waals surface area contributed by atoms with Crippen LogP contribution in [0.4, 0.5) is 5.95 Å². The number of aromatic nitrogens is 2. The second kappa shape index (κ2) is 6.25. The van der Waals surface area contributed by atoms with Crippen LogP contribution in [0.3, 0.4) is 0 Å². The largest absolute Gasteiger partial charge is 0.383 e. The average Bonchev–Trinajstić information content (AvgIpc) is 2.18.